The number of pyridine rings is 1. The molecule has 3 rings (SSSR count). The third-order valence-corrected chi connectivity index (χ3v) is 4.44. The number of hydrogen-bond donors (Lipinski definition) is 3. The normalized spacial score (nSPS) is 11.9. The van der Waals surface area contributed by atoms with E-state index in [2.05, 4.69) is 25.6 Å². The van der Waals surface area contributed by atoms with Crippen molar-refractivity contribution in [1.82, 2.24) is 15.0 Å². The molecule has 0 spiro atoms. The van der Waals surface area contributed by atoms with E-state index in [1.165, 1.54) is 30.6 Å². The molecule has 0 unspecified atom stereocenters. The van der Waals surface area contributed by atoms with Crippen LogP contribution in [0.4, 0.5) is 36.3 Å². The first-order chi connectivity index (χ1) is 13.1. The third-order valence-electron chi connectivity index (χ3n) is 3.47. The van der Waals surface area contributed by atoms with Gasteiger partial charge in [-0.3, -0.25) is 0 Å². The average molecular weight is 410 g/mol. The molecule has 2 aromatic heterocycles. The second-order valence-electron chi connectivity index (χ2n) is 5.51. The third kappa shape index (κ3) is 4.72. The zero-order valence-corrected chi connectivity index (χ0v) is 14.8. The number of primary sulfonamides is 1. The number of para-hydroxylation sites is 1. The molecule has 12 heteroatoms. The summed E-state index contributed by atoms with van der Waals surface area (Å²) in [7, 11) is -3.95. The van der Waals surface area contributed by atoms with Gasteiger partial charge in [-0.1, -0.05) is 12.1 Å². The smallest absolute Gasteiger partial charge is 0.339 e. The van der Waals surface area contributed by atoms with Crippen LogP contribution in [-0.2, 0) is 16.2 Å². The second kappa shape index (κ2) is 7.40. The number of benzene rings is 1. The molecule has 1 aromatic carbocycles. The van der Waals surface area contributed by atoms with Gasteiger partial charge in [0.1, 0.15) is 28.7 Å². The number of nitrogens with one attached hydrogen (secondary N) is 2. The van der Waals surface area contributed by atoms with E-state index in [1.54, 1.807) is 6.07 Å². The van der Waals surface area contributed by atoms with Gasteiger partial charge in [-0.05, 0) is 24.3 Å². The fraction of sp³-hybridized carbons (Fsp3) is 0.0625. The Labute approximate surface area is 157 Å². The van der Waals surface area contributed by atoms with Crippen molar-refractivity contribution >= 4 is 33.2 Å². The molecule has 0 saturated carbocycles. The molecular formula is C16H13F3N6O2S. The quantitative estimate of drug-likeness (QED) is 0.591. The van der Waals surface area contributed by atoms with E-state index in [-0.39, 0.29) is 28.0 Å². The lowest BCUT2D eigenvalue weighted by Crippen LogP contribution is -2.14. The fourth-order valence-corrected chi connectivity index (χ4v) is 2.91. The Bertz CT molecular complexity index is 1090. The van der Waals surface area contributed by atoms with Crippen molar-refractivity contribution in [2.24, 2.45) is 5.14 Å². The van der Waals surface area contributed by atoms with Crippen LogP contribution in [0.2, 0.25) is 0 Å². The number of sulfonamides is 1. The summed E-state index contributed by atoms with van der Waals surface area (Å²) in [5, 5.41) is 10.7. The number of aromatic nitrogens is 3. The van der Waals surface area contributed by atoms with Gasteiger partial charge in [-0.25, -0.2) is 28.5 Å². The number of alkyl halides is 3. The SMILES string of the molecule is NS(=O)(=O)c1ccccc1Nc1cc(Nc2ccc(C(F)(F)F)cn2)ncn1. The van der Waals surface area contributed by atoms with Gasteiger partial charge in [0.2, 0.25) is 10.0 Å². The fourth-order valence-electron chi connectivity index (χ4n) is 2.22. The Kier molecular flexibility index (Phi) is 5.16. The zero-order valence-electron chi connectivity index (χ0n) is 14.0. The van der Waals surface area contributed by atoms with Gasteiger partial charge in [-0.2, -0.15) is 13.2 Å². The molecule has 8 nitrogen and oxygen atoms in total. The van der Waals surface area contributed by atoms with E-state index >= 15 is 0 Å². The molecule has 0 fully saturated rings. The van der Waals surface area contributed by atoms with Crippen molar-refractivity contribution < 1.29 is 21.6 Å². The summed E-state index contributed by atoms with van der Waals surface area (Å²) >= 11 is 0. The summed E-state index contributed by atoms with van der Waals surface area (Å²) < 4.78 is 61.1. The van der Waals surface area contributed by atoms with Crippen LogP contribution in [-0.4, -0.2) is 23.4 Å². The molecule has 0 aliphatic heterocycles. The van der Waals surface area contributed by atoms with Gasteiger partial charge in [0.05, 0.1) is 11.3 Å². The Morgan fingerprint density at radius 3 is 2.18 bits per heavy atom. The molecule has 0 bridgehead atoms. The number of halogens is 3. The topological polar surface area (TPSA) is 123 Å². The number of nitrogens with two attached hydrogens (primary N) is 1. The molecule has 0 atom stereocenters. The first-order valence-electron chi connectivity index (χ1n) is 7.64. The Hall–Kier alpha value is -3.25. The minimum atomic E-state index is -4.48. The molecule has 0 radical (unpaired) electrons. The summed E-state index contributed by atoms with van der Waals surface area (Å²) in [6, 6.07) is 9.46. The second-order valence-corrected chi connectivity index (χ2v) is 7.04. The first-order valence-corrected chi connectivity index (χ1v) is 9.19. The molecule has 3 aromatic rings. The van der Waals surface area contributed by atoms with Crippen LogP contribution in [0, 0.1) is 0 Å². The number of nitrogens with zero attached hydrogens (tertiary/aromatic N) is 3. The van der Waals surface area contributed by atoms with Gasteiger partial charge in [0.25, 0.3) is 0 Å². The predicted molar refractivity (Wildman–Crippen MR) is 95.7 cm³/mol. The monoisotopic (exact) mass is 410 g/mol. The maximum absolute atomic E-state index is 12.6. The molecule has 0 saturated heterocycles. The molecule has 0 aliphatic rings. The summed E-state index contributed by atoms with van der Waals surface area (Å²) in [5.74, 6) is 0.612. The molecule has 2 heterocycles. The zero-order chi connectivity index (χ0) is 20.4. The largest absolute Gasteiger partial charge is 0.417 e. The first kappa shape index (κ1) is 19.5. The summed E-state index contributed by atoms with van der Waals surface area (Å²) in [6.45, 7) is 0. The van der Waals surface area contributed by atoms with Gasteiger partial charge < -0.3 is 10.6 Å². The summed E-state index contributed by atoms with van der Waals surface area (Å²) in [5.41, 5.74) is -0.662. The van der Waals surface area contributed by atoms with Crippen molar-refractivity contribution in [1.29, 1.82) is 0 Å². The van der Waals surface area contributed by atoms with Crippen molar-refractivity contribution in [3.05, 3.63) is 60.6 Å². The maximum atomic E-state index is 12.6. The van der Waals surface area contributed by atoms with Crippen LogP contribution in [0.3, 0.4) is 0 Å². The number of anilines is 4. The van der Waals surface area contributed by atoms with Crippen molar-refractivity contribution in [3.8, 4) is 0 Å². The highest BCUT2D eigenvalue weighted by atomic mass is 32.2. The van der Waals surface area contributed by atoms with Crippen LogP contribution < -0.4 is 15.8 Å². The van der Waals surface area contributed by atoms with Crippen molar-refractivity contribution in [2.45, 2.75) is 11.1 Å². The van der Waals surface area contributed by atoms with Crippen molar-refractivity contribution in [3.63, 3.8) is 0 Å². The van der Waals surface area contributed by atoms with Crippen LogP contribution in [0.25, 0.3) is 0 Å². The molecule has 4 N–H and O–H groups in total. The van der Waals surface area contributed by atoms with E-state index in [0.717, 1.165) is 12.1 Å². The Morgan fingerprint density at radius 1 is 0.893 bits per heavy atom. The minimum Gasteiger partial charge on any atom is -0.339 e. The standard InChI is InChI=1S/C16H13F3N6O2S/c17-16(18,19)10-5-6-13(21-8-10)25-15-7-14(22-9-23-15)24-11-3-1-2-4-12(11)28(20,26)27/h1-9H,(H2,20,26,27)(H2,21,22,23,24,25). The van der Waals surface area contributed by atoms with Crippen molar-refractivity contribution in [2.75, 3.05) is 10.6 Å². The van der Waals surface area contributed by atoms with Crippen LogP contribution in [0.5, 0.6) is 0 Å². The van der Waals surface area contributed by atoms with Crippen LogP contribution >= 0.6 is 0 Å². The maximum Gasteiger partial charge on any atom is 0.417 e. The molecule has 0 aliphatic carbocycles. The van der Waals surface area contributed by atoms with Gasteiger partial charge >= 0.3 is 6.18 Å². The van der Waals surface area contributed by atoms with E-state index in [1.807, 2.05) is 0 Å². The number of rotatable bonds is 5. The Morgan fingerprint density at radius 2 is 1.57 bits per heavy atom. The highest BCUT2D eigenvalue weighted by Gasteiger charge is 2.30. The van der Waals surface area contributed by atoms with E-state index < -0.39 is 21.8 Å². The average Bonchev–Trinajstić information content (AvgIpc) is 2.61. The van der Waals surface area contributed by atoms with Gasteiger partial charge in [-0.15, -0.1) is 0 Å². The lowest BCUT2D eigenvalue weighted by Gasteiger charge is -2.11. The minimum absolute atomic E-state index is 0.118. The summed E-state index contributed by atoms with van der Waals surface area (Å²) in [4.78, 5) is 11.5. The highest BCUT2D eigenvalue weighted by Crippen LogP contribution is 2.29. The highest BCUT2D eigenvalue weighted by molar-refractivity contribution is 7.89. The Balaban J connectivity index is 1.80. The molecule has 146 valence electrons. The molecule has 0 amide bonds. The van der Waals surface area contributed by atoms with E-state index in [9.17, 15) is 21.6 Å². The molecular weight excluding hydrogens is 397 g/mol. The predicted octanol–water partition coefficient (Wildman–Crippen LogP) is 3.03. The van der Waals surface area contributed by atoms with Gasteiger partial charge in [0, 0.05) is 12.3 Å². The lowest BCUT2D eigenvalue weighted by atomic mass is 10.3. The van der Waals surface area contributed by atoms with Crippen LogP contribution in [0.1, 0.15) is 5.56 Å². The van der Waals surface area contributed by atoms with Gasteiger partial charge in [0.15, 0.2) is 0 Å². The van der Waals surface area contributed by atoms with E-state index in [0.29, 0.717) is 6.20 Å². The van der Waals surface area contributed by atoms with Crippen LogP contribution in [0.15, 0.2) is 59.9 Å². The molecule has 28 heavy (non-hydrogen) atoms. The summed E-state index contributed by atoms with van der Waals surface area (Å²) in [6.07, 6.45) is -2.59. The lowest BCUT2D eigenvalue weighted by molar-refractivity contribution is -0.137. The number of hydrogen-bond acceptors (Lipinski definition) is 7. The van der Waals surface area contributed by atoms with E-state index in [4.69, 9.17) is 5.14 Å².